The summed E-state index contributed by atoms with van der Waals surface area (Å²) in [6.07, 6.45) is 4.37. The lowest BCUT2D eigenvalue weighted by Crippen LogP contribution is -2.45. The third kappa shape index (κ3) is 10.9. The minimum atomic E-state index is -0.672. The van der Waals surface area contributed by atoms with E-state index in [1.807, 2.05) is 83.1 Å². The van der Waals surface area contributed by atoms with E-state index in [9.17, 15) is 19.2 Å². The van der Waals surface area contributed by atoms with Gasteiger partial charge in [0.2, 0.25) is 5.91 Å². The van der Waals surface area contributed by atoms with Crippen molar-refractivity contribution in [1.29, 1.82) is 0 Å². The van der Waals surface area contributed by atoms with Crippen molar-refractivity contribution in [3.8, 4) is 0 Å². The van der Waals surface area contributed by atoms with Gasteiger partial charge in [0.25, 0.3) is 11.8 Å². The van der Waals surface area contributed by atoms with E-state index < -0.39 is 21.8 Å². The highest BCUT2D eigenvalue weighted by Gasteiger charge is 2.38. The number of nitrogens with one attached hydrogen (secondary N) is 1. The molecule has 0 unspecified atom stereocenters. The van der Waals surface area contributed by atoms with Gasteiger partial charge in [-0.2, -0.15) is 0 Å². The molecule has 1 heterocycles. The normalized spacial score (nSPS) is 14.8. The molecule has 0 aromatic heterocycles. The molecule has 208 valence electrons. The summed E-state index contributed by atoms with van der Waals surface area (Å²) in [4.78, 5) is 50.3. The van der Waals surface area contributed by atoms with Crippen molar-refractivity contribution < 1.29 is 23.9 Å². The SMILES string of the molecule is CC.CC(C)C(=O)C(C)(C)CCOC(C)(C)CCNC(=O)C(C)(C)CC(C)(C)CN1C(=O)C=CC1=O. The van der Waals surface area contributed by atoms with Gasteiger partial charge in [-0.1, -0.05) is 69.2 Å². The molecule has 0 saturated heterocycles. The number of nitrogens with zero attached hydrogens (tertiary/aromatic N) is 1. The van der Waals surface area contributed by atoms with Crippen LogP contribution in [0.15, 0.2) is 12.2 Å². The van der Waals surface area contributed by atoms with Gasteiger partial charge >= 0.3 is 0 Å². The van der Waals surface area contributed by atoms with E-state index in [0.717, 1.165) is 0 Å². The Balaban J connectivity index is 0.00000596. The monoisotopic (exact) mass is 508 g/mol. The lowest BCUT2D eigenvalue weighted by Gasteiger charge is -2.36. The van der Waals surface area contributed by atoms with Gasteiger partial charge in [0, 0.05) is 48.6 Å². The minimum Gasteiger partial charge on any atom is -0.375 e. The molecule has 0 bridgehead atoms. The van der Waals surface area contributed by atoms with Crippen LogP contribution in [0.3, 0.4) is 0 Å². The van der Waals surface area contributed by atoms with E-state index in [4.69, 9.17) is 4.74 Å². The van der Waals surface area contributed by atoms with Gasteiger partial charge in [0.05, 0.1) is 5.60 Å². The fourth-order valence-electron chi connectivity index (χ4n) is 4.62. The Morgan fingerprint density at radius 2 is 1.39 bits per heavy atom. The van der Waals surface area contributed by atoms with Gasteiger partial charge in [0.15, 0.2) is 0 Å². The van der Waals surface area contributed by atoms with Gasteiger partial charge in [-0.15, -0.1) is 0 Å². The van der Waals surface area contributed by atoms with Crippen molar-refractivity contribution in [1.82, 2.24) is 10.2 Å². The molecule has 7 nitrogen and oxygen atoms in total. The number of carbonyl (C=O) groups is 4. The number of rotatable bonds is 14. The molecule has 3 amide bonds. The quantitative estimate of drug-likeness (QED) is 0.320. The first kappa shape index (κ1) is 34.0. The fourth-order valence-corrected chi connectivity index (χ4v) is 4.62. The lowest BCUT2D eigenvalue weighted by atomic mass is 9.74. The Bertz CT molecular complexity index is 788. The number of Topliss-reactive ketones (excluding diaryl/α,β-unsaturated/α-hetero) is 1. The average molecular weight is 509 g/mol. The minimum absolute atomic E-state index is 0.000417. The molecule has 1 aliphatic rings. The van der Waals surface area contributed by atoms with Crippen molar-refractivity contribution in [3.63, 3.8) is 0 Å². The van der Waals surface area contributed by atoms with Gasteiger partial charge in [0.1, 0.15) is 5.78 Å². The van der Waals surface area contributed by atoms with Crippen LogP contribution in [0.25, 0.3) is 0 Å². The summed E-state index contributed by atoms with van der Waals surface area (Å²) in [7, 11) is 0. The van der Waals surface area contributed by atoms with Crippen LogP contribution in [0.2, 0.25) is 0 Å². The second kappa shape index (κ2) is 13.5. The highest BCUT2D eigenvalue weighted by Crippen LogP contribution is 2.35. The largest absolute Gasteiger partial charge is 0.375 e. The van der Waals surface area contributed by atoms with Gasteiger partial charge in [-0.25, -0.2) is 0 Å². The van der Waals surface area contributed by atoms with Crippen LogP contribution in [-0.2, 0) is 23.9 Å². The summed E-state index contributed by atoms with van der Waals surface area (Å²) in [6, 6.07) is 0. The average Bonchev–Trinajstić information content (AvgIpc) is 3.04. The fraction of sp³-hybridized carbons (Fsp3) is 0.793. The van der Waals surface area contributed by atoms with E-state index in [1.165, 1.54) is 17.1 Å². The summed E-state index contributed by atoms with van der Waals surface area (Å²) in [5.74, 6) is -0.447. The molecule has 0 fully saturated rings. The Kier molecular flexibility index (Phi) is 12.7. The lowest BCUT2D eigenvalue weighted by molar-refractivity contribution is -0.139. The molecule has 0 aromatic rings. The molecule has 1 rings (SSSR count). The zero-order chi connectivity index (χ0) is 28.5. The second-order valence-electron chi connectivity index (χ2n) is 12.6. The van der Waals surface area contributed by atoms with Crippen LogP contribution >= 0.6 is 0 Å². The van der Waals surface area contributed by atoms with Gasteiger partial charge in [-0.3, -0.25) is 24.1 Å². The van der Waals surface area contributed by atoms with Crippen molar-refractivity contribution in [2.75, 3.05) is 19.7 Å². The molecule has 0 radical (unpaired) electrons. The number of hydrogen-bond donors (Lipinski definition) is 1. The molecule has 0 aromatic carbocycles. The maximum Gasteiger partial charge on any atom is 0.253 e. The molecule has 0 atom stereocenters. The number of imide groups is 1. The van der Waals surface area contributed by atoms with E-state index >= 15 is 0 Å². The van der Waals surface area contributed by atoms with E-state index in [-0.39, 0.29) is 36.0 Å². The first-order valence-electron chi connectivity index (χ1n) is 13.3. The van der Waals surface area contributed by atoms with Crippen LogP contribution in [0.5, 0.6) is 0 Å². The first-order valence-corrected chi connectivity index (χ1v) is 13.3. The molecule has 1 aliphatic heterocycles. The van der Waals surface area contributed by atoms with Crippen LogP contribution in [0.1, 0.15) is 102 Å². The summed E-state index contributed by atoms with van der Waals surface area (Å²) >= 11 is 0. The number of ketones is 1. The number of amides is 3. The summed E-state index contributed by atoms with van der Waals surface area (Å²) in [5.41, 5.74) is -1.94. The number of carbonyl (C=O) groups excluding carboxylic acids is 4. The van der Waals surface area contributed by atoms with Crippen molar-refractivity contribution in [2.45, 2.75) is 108 Å². The summed E-state index contributed by atoms with van der Waals surface area (Å²) < 4.78 is 6.06. The van der Waals surface area contributed by atoms with Crippen LogP contribution in [-0.4, -0.2) is 53.7 Å². The van der Waals surface area contributed by atoms with Crippen LogP contribution in [0, 0.1) is 22.2 Å². The molecule has 0 saturated carbocycles. The van der Waals surface area contributed by atoms with Crippen LogP contribution < -0.4 is 5.32 Å². The summed E-state index contributed by atoms with van der Waals surface area (Å²) in [5, 5.41) is 3.02. The van der Waals surface area contributed by atoms with Gasteiger partial charge in [-0.05, 0) is 38.5 Å². The smallest absolute Gasteiger partial charge is 0.253 e. The number of hydrogen-bond acceptors (Lipinski definition) is 5. The van der Waals surface area contributed by atoms with Crippen molar-refractivity contribution in [2.24, 2.45) is 22.2 Å². The van der Waals surface area contributed by atoms with E-state index in [2.05, 4.69) is 5.32 Å². The maximum atomic E-state index is 12.9. The molecule has 0 spiro atoms. The third-order valence-corrected chi connectivity index (χ3v) is 6.45. The third-order valence-electron chi connectivity index (χ3n) is 6.45. The molecule has 7 heteroatoms. The Morgan fingerprint density at radius 1 is 0.889 bits per heavy atom. The first-order chi connectivity index (χ1) is 16.3. The predicted molar refractivity (Wildman–Crippen MR) is 145 cm³/mol. The Labute approximate surface area is 219 Å². The predicted octanol–water partition coefficient (Wildman–Crippen LogP) is 5.32. The zero-order valence-corrected chi connectivity index (χ0v) is 25.0. The molecular weight excluding hydrogens is 456 g/mol. The van der Waals surface area contributed by atoms with Crippen LogP contribution in [0.4, 0.5) is 0 Å². The Morgan fingerprint density at radius 3 is 1.86 bits per heavy atom. The van der Waals surface area contributed by atoms with E-state index in [0.29, 0.717) is 32.4 Å². The topological polar surface area (TPSA) is 92.8 Å². The van der Waals surface area contributed by atoms with Gasteiger partial charge < -0.3 is 10.1 Å². The maximum absolute atomic E-state index is 12.9. The van der Waals surface area contributed by atoms with E-state index in [1.54, 1.807) is 0 Å². The zero-order valence-electron chi connectivity index (χ0n) is 25.0. The highest BCUT2D eigenvalue weighted by atomic mass is 16.5. The van der Waals surface area contributed by atoms with Crippen molar-refractivity contribution in [3.05, 3.63) is 12.2 Å². The standard InChI is InChI=1S/C27H46N2O5.C2H6/c1-19(2)22(32)25(5,6)14-16-34-27(9,10)13-15-28-23(33)26(7,8)17-24(3,4)18-29-20(30)11-12-21(29)31;1-2/h11-12,19H,13-18H2,1-10H3,(H,28,33);1-2H3. The highest BCUT2D eigenvalue weighted by molar-refractivity contribution is 6.12. The Hall–Kier alpha value is -2.02. The molecule has 36 heavy (non-hydrogen) atoms. The second-order valence-corrected chi connectivity index (χ2v) is 12.6. The molecule has 0 aliphatic carbocycles. The molecule has 1 N–H and O–H groups in total. The number of ether oxygens (including phenoxy) is 1. The molecular formula is C29H52N2O5. The van der Waals surface area contributed by atoms with Crippen molar-refractivity contribution >= 4 is 23.5 Å². The summed E-state index contributed by atoms with van der Waals surface area (Å²) in [6.45, 7) is 24.6.